The zero-order chi connectivity index (χ0) is 15.9. The highest BCUT2D eigenvalue weighted by molar-refractivity contribution is 6.30. The first-order valence-corrected chi connectivity index (χ1v) is 7.01. The number of nitrogens with one attached hydrogen (secondary N) is 1. The second-order valence-corrected chi connectivity index (χ2v) is 5.48. The van der Waals surface area contributed by atoms with Gasteiger partial charge in [-0.05, 0) is 36.8 Å². The predicted molar refractivity (Wildman–Crippen MR) is 81.3 cm³/mol. The molecule has 4 nitrogen and oxygen atoms in total. The summed E-state index contributed by atoms with van der Waals surface area (Å²) in [6.45, 7) is 1.93. The number of imide groups is 1. The van der Waals surface area contributed by atoms with E-state index in [1.165, 1.54) is 23.1 Å². The number of carbonyl (C=O) groups is 2. The number of benzene rings is 2. The summed E-state index contributed by atoms with van der Waals surface area (Å²) in [5, 5.41) is 2.18. The van der Waals surface area contributed by atoms with E-state index in [1.54, 1.807) is 12.1 Å². The Kier molecular flexibility index (Phi) is 3.58. The normalized spacial score (nSPS) is 17.8. The summed E-state index contributed by atoms with van der Waals surface area (Å²) in [7, 11) is 0. The van der Waals surface area contributed by atoms with Gasteiger partial charge in [0.2, 0.25) is 0 Å². The van der Waals surface area contributed by atoms with Crippen LogP contribution in [0.5, 0.6) is 0 Å². The molecular weight excluding hydrogens is 307 g/mol. The number of anilines is 1. The summed E-state index contributed by atoms with van der Waals surface area (Å²) in [6, 6.07) is 9.82. The molecule has 0 saturated carbocycles. The van der Waals surface area contributed by atoms with Crippen LogP contribution in [-0.4, -0.2) is 11.9 Å². The zero-order valence-corrected chi connectivity index (χ0v) is 12.4. The second kappa shape index (κ2) is 5.42. The van der Waals surface area contributed by atoms with Crippen LogP contribution in [0.1, 0.15) is 17.2 Å². The van der Waals surface area contributed by atoms with E-state index in [0.29, 0.717) is 11.3 Å². The van der Waals surface area contributed by atoms with E-state index in [2.05, 4.69) is 5.32 Å². The van der Waals surface area contributed by atoms with Crippen LogP contribution in [0.4, 0.5) is 14.9 Å². The molecule has 0 aliphatic carbocycles. The number of aryl methyl sites for hydroxylation is 1. The minimum Gasteiger partial charge on any atom is -0.277 e. The standard InChI is InChI=1S/C16H12ClFN2O2/c1-9-2-5-11(6-3-9)20-14(15(21)19-16(20)22)10-4-7-13(18)12(17)8-10/h2-8,14H,1H3,(H,19,21,22). The molecule has 22 heavy (non-hydrogen) atoms. The maximum absolute atomic E-state index is 13.3. The Morgan fingerprint density at radius 2 is 1.82 bits per heavy atom. The first kappa shape index (κ1) is 14.5. The Morgan fingerprint density at radius 3 is 2.45 bits per heavy atom. The highest BCUT2D eigenvalue weighted by Crippen LogP contribution is 2.33. The molecule has 1 heterocycles. The Bertz CT molecular complexity index is 761. The molecule has 0 aromatic heterocycles. The van der Waals surface area contributed by atoms with Crippen molar-refractivity contribution in [3.05, 3.63) is 64.4 Å². The van der Waals surface area contributed by atoms with E-state index >= 15 is 0 Å². The molecule has 6 heteroatoms. The molecule has 1 aliphatic rings. The van der Waals surface area contributed by atoms with Crippen molar-refractivity contribution in [2.24, 2.45) is 0 Å². The van der Waals surface area contributed by atoms with Gasteiger partial charge in [-0.1, -0.05) is 35.4 Å². The number of carbonyl (C=O) groups excluding carboxylic acids is 2. The van der Waals surface area contributed by atoms with E-state index in [1.807, 2.05) is 19.1 Å². The number of hydrogen-bond donors (Lipinski definition) is 1. The smallest absolute Gasteiger partial charge is 0.277 e. The van der Waals surface area contributed by atoms with Gasteiger partial charge in [-0.2, -0.15) is 0 Å². The minimum absolute atomic E-state index is 0.0893. The monoisotopic (exact) mass is 318 g/mol. The van der Waals surface area contributed by atoms with Crippen LogP contribution in [0.15, 0.2) is 42.5 Å². The number of rotatable bonds is 2. The van der Waals surface area contributed by atoms with Gasteiger partial charge in [-0.3, -0.25) is 15.0 Å². The molecule has 2 aromatic rings. The lowest BCUT2D eigenvalue weighted by molar-refractivity contribution is -0.119. The van der Waals surface area contributed by atoms with E-state index in [9.17, 15) is 14.0 Å². The Morgan fingerprint density at radius 1 is 1.14 bits per heavy atom. The highest BCUT2D eigenvalue weighted by atomic mass is 35.5. The average molecular weight is 319 g/mol. The van der Waals surface area contributed by atoms with Crippen molar-refractivity contribution < 1.29 is 14.0 Å². The lowest BCUT2D eigenvalue weighted by Crippen LogP contribution is -2.29. The van der Waals surface area contributed by atoms with E-state index in [4.69, 9.17) is 11.6 Å². The third-order valence-electron chi connectivity index (χ3n) is 3.53. The lowest BCUT2D eigenvalue weighted by atomic mass is 10.0. The molecule has 0 spiro atoms. The minimum atomic E-state index is -0.867. The fourth-order valence-electron chi connectivity index (χ4n) is 2.42. The first-order valence-electron chi connectivity index (χ1n) is 6.63. The first-order chi connectivity index (χ1) is 10.5. The van der Waals surface area contributed by atoms with Crippen LogP contribution in [0.25, 0.3) is 0 Å². The van der Waals surface area contributed by atoms with Gasteiger partial charge in [0, 0.05) is 5.69 Å². The molecule has 3 rings (SSSR count). The van der Waals surface area contributed by atoms with Crippen molar-refractivity contribution in [1.29, 1.82) is 0 Å². The van der Waals surface area contributed by atoms with E-state index in [0.717, 1.165) is 5.56 Å². The molecule has 2 aromatic carbocycles. The van der Waals surface area contributed by atoms with Gasteiger partial charge in [0.15, 0.2) is 0 Å². The average Bonchev–Trinajstić information content (AvgIpc) is 2.77. The van der Waals surface area contributed by atoms with Crippen LogP contribution in [-0.2, 0) is 4.79 Å². The fraction of sp³-hybridized carbons (Fsp3) is 0.125. The second-order valence-electron chi connectivity index (χ2n) is 5.08. The topological polar surface area (TPSA) is 49.4 Å². The summed E-state index contributed by atoms with van der Waals surface area (Å²) in [6.07, 6.45) is 0. The molecule has 0 radical (unpaired) electrons. The van der Waals surface area contributed by atoms with Crippen molar-refractivity contribution in [2.45, 2.75) is 13.0 Å². The van der Waals surface area contributed by atoms with Crippen LogP contribution in [0.2, 0.25) is 5.02 Å². The van der Waals surface area contributed by atoms with Crippen LogP contribution in [0, 0.1) is 12.7 Å². The highest BCUT2D eigenvalue weighted by Gasteiger charge is 2.40. The molecule has 112 valence electrons. The summed E-state index contributed by atoms with van der Waals surface area (Å²) >= 11 is 5.78. The molecule has 0 bridgehead atoms. The van der Waals surface area contributed by atoms with Gasteiger partial charge in [0.05, 0.1) is 5.02 Å². The fourth-order valence-corrected chi connectivity index (χ4v) is 2.61. The molecule has 3 amide bonds. The van der Waals surface area contributed by atoms with Gasteiger partial charge >= 0.3 is 6.03 Å². The lowest BCUT2D eigenvalue weighted by Gasteiger charge is -2.22. The largest absolute Gasteiger partial charge is 0.329 e. The summed E-state index contributed by atoms with van der Waals surface area (Å²) < 4.78 is 13.3. The maximum atomic E-state index is 13.3. The quantitative estimate of drug-likeness (QED) is 0.860. The Hall–Kier alpha value is -2.40. The SMILES string of the molecule is Cc1ccc(N2C(=O)NC(=O)C2c2ccc(F)c(Cl)c2)cc1. The van der Waals surface area contributed by atoms with Crippen molar-refractivity contribution in [2.75, 3.05) is 4.90 Å². The molecule has 1 unspecified atom stereocenters. The van der Waals surface area contributed by atoms with Gasteiger partial charge < -0.3 is 0 Å². The van der Waals surface area contributed by atoms with Crippen molar-refractivity contribution in [3.63, 3.8) is 0 Å². The maximum Gasteiger partial charge on any atom is 0.329 e. The van der Waals surface area contributed by atoms with Crippen molar-refractivity contribution >= 4 is 29.2 Å². The summed E-state index contributed by atoms with van der Waals surface area (Å²) in [4.78, 5) is 25.6. The zero-order valence-electron chi connectivity index (χ0n) is 11.6. The predicted octanol–water partition coefficient (Wildman–Crippen LogP) is 3.59. The summed E-state index contributed by atoms with van der Waals surface area (Å²) in [5.74, 6) is -1.04. The van der Waals surface area contributed by atoms with Crippen molar-refractivity contribution in [3.8, 4) is 0 Å². The number of nitrogens with zero attached hydrogens (tertiary/aromatic N) is 1. The number of hydrogen-bond acceptors (Lipinski definition) is 2. The van der Waals surface area contributed by atoms with Crippen LogP contribution in [0.3, 0.4) is 0 Å². The molecule has 1 N–H and O–H groups in total. The summed E-state index contributed by atoms with van der Waals surface area (Å²) in [5.41, 5.74) is 2.07. The number of urea groups is 1. The van der Waals surface area contributed by atoms with Gasteiger partial charge in [0.25, 0.3) is 5.91 Å². The van der Waals surface area contributed by atoms with Gasteiger partial charge in [-0.15, -0.1) is 0 Å². The Balaban J connectivity index is 2.06. The number of amides is 3. The van der Waals surface area contributed by atoms with Crippen molar-refractivity contribution in [1.82, 2.24) is 5.32 Å². The molecule has 1 saturated heterocycles. The van der Waals surface area contributed by atoms with Crippen LogP contribution < -0.4 is 10.2 Å². The van der Waals surface area contributed by atoms with Gasteiger partial charge in [-0.25, -0.2) is 9.18 Å². The number of halogens is 2. The van der Waals surface area contributed by atoms with Gasteiger partial charge in [0.1, 0.15) is 11.9 Å². The third kappa shape index (κ3) is 2.44. The third-order valence-corrected chi connectivity index (χ3v) is 3.82. The molecular formula is C16H12ClFN2O2. The van der Waals surface area contributed by atoms with Crippen LogP contribution >= 0.6 is 11.6 Å². The Labute approximate surface area is 131 Å². The molecule has 1 atom stereocenters. The van der Waals surface area contributed by atoms with E-state index in [-0.39, 0.29) is 5.02 Å². The molecule has 1 fully saturated rings. The molecule has 1 aliphatic heterocycles. The van der Waals surface area contributed by atoms with E-state index < -0.39 is 23.8 Å².